The average Bonchev–Trinajstić information content (AvgIpc) is 3.03. The van der Waals surface area contributed by atoms with Crippen molar-refractivity contribution in [2.24, 2.45) is 5.92 Å². The highest BCUT2D eigenvalue weighted by molar-refractivity contribution is 5.93. The summed E-state index contributed by atoms with van der Waals surface area (Å²) in [7, 11) is 0. The minimum absolute atomic E-state index is 0.184. The fraction of sp³-hybridized carbons (Fsp3) is 0.263. The Kier molecular flexibility index (Phi) is 4.97. The van der Waals surface area contributed by atoms with E-state index in [1.165, 1.54) is 11.0 Å². The highest BCUT2D eigenvalue weighted by atomic mass is 19.1. The molecule has 3 rings (SSSR count). The molecule has 130 valence electrons. The van der Waals surface area contributed by atoms with Gasteiger partial charge >= 0.3 is 6.09 Å². The van der Waals surface area contributed by atoms with Gasteiger partial charge in [0.25, 0.3) is 0 Å². The van der Waals surface area contributed by atoms with Gasteiger partial charge in [-0.15, -0.1) is 0 Å². The molecule has 2 aromatic rings. The van der Waals surface area contributed by atoms with Crippen molar-refractivity contribution in [3.63, 3.8) is 0 Å². The lowest BCUT2D eigenvalue weighted by Crippen LogP contribution is -2.24. The van der Waals surface area contributed by atoms with Gasteiger partial charge in [-0.1, -0.05) is 25.1 Å². The van der Waals surface area contributed by atoms with Crippen LogP contribution in [0.15, 0.2) is 48.5 Å². The van der Waals surface area contributed by atoms with Gasteiger partial charge in [-0.25, -0.2) is 9.18 Å². The fourth-order valence-electron chi connectivity index (χ4n) is 2.70. The van der Waals surface area contributed by atoms with E-state index in [9.17, 15) is 14.0 Å². The molecule has 0 bridgehead atoms. The van der Waals surface area contributed by atoms with Crippen LogP contribution in [0.2, 0.25) is 0 Å². The number of anilines is 2. The van der Waals surface area contributed by atoms with E-state index in [4.69, 9.17) is 4.74 Å². The van der Waals surface area contributed by atoms with Gasteiger partial charge in [0, 0.05) is 17.3 Å². The zero-order valence-corrected chi connectivity index (χ0v) is 13.9. The number of hydrogen-bond donors (Lipinski definition) is 1. The molecule has 25 heavy (non-hydrogen) atoms. The summed E-state index contributed by atoms with van der Waals surface area (Å²) >= 11 is 0. The second-order valence-electron chi connectivity index (χ2n) is 6.00. The van der Waals surface area contributed by atoms with Crippen LogP contribution in [-0.4, -0.2) is 25.2 Å². The maximum absolute atomic E-state index is 13.7. The number of nitrogens with one attached hydrogen (secondary N) is 1. The summed E-state index contributed by atoms with van der Waals surface area (Å²) in [5, 5.41) is 2.81. The summed E-state index contributed by atoms with van der Waals surface area (Å²) in [4.78, 5) is 25.4. The summed E-state index contributed by atoms with van der Waals surface area (Å²) in [6.45, 7) is 2.66. The second-order valence-corrected chi connectivity index (χ2v) is 6.00. The van der Waals surface area contributed by atoms with E-state index in [-0.39, 0.29) is 23.7 Å². The first-order valence-electron chi connectivity index (χ1n) is 8.13. The minimum atomic E-state index is -0.370. The van der Waals surface area contributed by atoms with Crippen molar-refractivity contribution in [3.8, 4) is 0 Å². The van der Waals surface area contributed by atoms with Crippen LogP contribution in [0.4, 0.5) is 20.6 Å². The van der Waals surface area contributed by atoms with Crippen LogP contribution in [0.3, 0.4) is 0 Å². The summed E-state index contributed by atoms with van der Waals surface area (Å²) in [6, 6.07) is 13.4. The molecule has 1 aliphatic heterocycles. The molecule has 1 N–H and O–H groups in total. The molecular formula is C19H19FN2O3. The van der Waals surface area contributed by atoms with Crippen LogP contribution in [0.25, 0.3) is 0 Å². The van der Waals surface area contributed by atoms with Crippen LogP contribution >= 0.6 is 0 Å². The molecule has 1 unspecified atom stereocenters. The van der Waals surface area contributed by atoms with Gasteiger partial charge in [-0.2, -0.15) is 0 Å². The number of benzene rings is 2. The summed E-state index contributed by atoms with van der Waals surface area (Å²) < 4.78 is 18.6. The Bertz CT molecular complexity index is 776. The molecule has 1 atom stereocenters. The standard InChI is InChI=1S/C19H19FN2O3/c1-13(12-14-4-2-3-5-17(14)20)18(23)21-15-6-8-16(9-7-15)22-10-11-25-19(22)24/h2-9,13H,10-12H2,1H3,(H,21,23). The third-order valence-corrected chi connectivity index (χ3v) is 4.14. The highest BCUT2D eigenvalue weighted by Crippen LogP contribution is 2.22. The number of nitrogens with zero attached hydrogens (tertiary/aromatic N) is 1. The molecule has 0 spiro atoms. The Labute approximate surface area is 145 Å². The average molecular weight is 342 g/mol. The van der Waals surface area contributed by atoms with E-state index in [0.29, 0.717) is 30.8 Å². The first-order valence-corrected chi connectivity index (χ1v) is 8.13. The van der Waals surface area contributed by atoms with Crippen molar-refractivity contribution in [3.05, 3.63) is 59.9 Å². The first-order chi connectivity index (χ1) is 12.0. The molecule has 2 amide bonds. The third-order valence-electron chi connectivity index (χ3n) is 4.14. The smallest absolute Gasteiger partial charge is 0.414 e. The van der Waals surface area contributed by atoms with Gasteiger partial charge in [-0.05, 0) is 42.3 Å². The van der Waals surface area contributed by atoms with Gasteiger partial charge < -0.3 is 10.1 Å². The number of carbonyl (C=O) groups is 2. The topological polar surface area (TPSA) is 58.6 Å². The maximum Gasteiger partial charge on any atom is 0.414 e. The normalized spacial score (nSPS) is 15.0. The Balaban J connectivity index is 1.60. The van der Waals surface area contributed by atoms with Crippen LogP contribution in [0.5, 0.6) is 0 Å². The van der Waals surface area contributed by atoms with Gasteiger partial charge in [0.2, 0.25) is 5.91 Å². The number of cyclic esters (lactones) is 1. The van der Waals surface area contributed by atoms with E-state index < -0.39 is 0 Å². The van der Waals surface area contributed by atoms with E-state index in [0.717, 1.165) is 5.69 Å². The summed E-state index contributed by atoms with van der Waals surface area (Å²) in [5.41, 5.74) is 1.87. The van der Waals surface area contributed by atoms with Crippen LogP contribution in [0, 0.1) is 11.7 Å². The fourth-order valence-corrected chi connectivity index (χ4v) is 2.70. The van der Waals surface area contributed by atoms with Crippen molar-refractivity contribution in [2.45, 2.75) is 13.3 Å². The van der Waals surface area contributed by atoms with Crippen molar-refractivity contribution in [1.29, 1.82) is 0 Å². The molecule has 0 aromatic heterocycles. The minimum Gasteiger partial charge on any atom is -0.447 e. The van der Waals surface area contributed by atoms with E-state index in [1.807, 2.05) is 0 Å². The van der Waals surface area contributed by atoms with E-state index in [2.05, 4.69) is 5.32 Å². The summed E-state index contributed by atoms with van der Waals surface area (Å²) in [5.74, 6) is -0.856. The molecule has 1 fully saturated rings. The number of rotatable bonds is 5. The molecule has 0 saturated carbocycles. The highest BCUT2D eigenvalue weighted by Gasteiger charge is 2.23. The Morgan fingerprint density at radius 1 is 1.24 bits per heavy atom. The van der Waals surface area contributed by atoms with E-state index in [1.54, 1.807) is 49.4 Å². The Hall–Kier alpha value is -2.89. The van der Waals surface area contributed by atoms with Crippen molar-refractivity contribution >= 4 is 23.4 Å². The molecule has 2 aromatic carbocycles. The lowest BCUT2D eigenvalue weighted by Gasteiger charge is -2.15. The zero-order chi connectivity index (χ0) is 17.8. The maximum atomic E-state index is 13.7. The molecule has 0 aliphatic carbocycles. The first kappa shape index (κ1) is 17.0. The number of ether oxygens (including phenoxy) is 1. The van der Waals surface area contributed by atoms with Crippen LogP contribution in [-0.2, 0) is 16.0 Å². The number of hydrogen-bond acceptors (Lipinski definition) is 3. The predicted octanol–water partition coefficient (Wildman–Crippen LogP) is 3.60. The SMILES string of the molecule is CC(Cc1ccccc1F)C(=O)Nc1ccc(N2CCOC2=O)cc1. The summed E-state index contributed by atoms with van der Waals surface area (Å²) in [6.07, 6.45) is -0.0359. The van der Waals surface area contributed by atoms with Gasteiger partial charge in [0.15, 0.2) is 0 Å². The molecule has 5 nitrogen and oxygen atoms in total. The largest absolute Gasteiger partial charge is 0.447 e. The lowest BCUT2D eigenvalue weighted by atomic mass is 10.00. The molecule has 0 radical (unpaired) electrons. The molecular weight excluding hydrogens is 323 g/mol. The number of amides is 2. The van der Waals surface area contributed by atoms with Gasteiger partial charge in [-0.3, -0.25) is 9.69 Å². The van der Waals surface area contributed by atoms with Crippen molar-refractivity contribution in [1.82, 2.24) is 0 Å². The Morgan fingerprint density at radius 3 is 2.60 bits per heavy atom. The Morgan fingerprint density at radius 2 is 1.96 bits per heavy atom. The number of carbonyl (C=O) groups excluding carboxylic acids is 2. The predicted molar refractivity (Wildman–Crippen MR) is 93.0 cm³/mol. The van der Waals surface area contributed by atoms with E-state index >= 15 is 0 Å². The number of halogens is 1. The second kappa shape index (κ2) is 7.34. The molecule has 6 heteroatoms. The van der Waals surface area contributed by atoms with Crippen molar-refractivity contribution < 1.29 is 18.7 Å². The third kappa shape index (κ3) is 3.96. The van der Waals surface area contributed by atoms with Crippen LogP contribution in [0.1, 0.15) is 12.5 Å². The van der Waals surface area contributed by atoms with Gasteiger partial charge in [0.1, 0.15) is 12.4 Å². The molecule has 1 aliphatic rings. The van der Waals surface area contributed by atoms with Crippen molar-refractivity contribution in [2.75, 3.05) is 23.4 Å². The zero-order valence-electron chi connectivity index (χ0n) is 13.9. The quantitative estimate of drug-likeness (QED) is 0.903. The molecule has 1 heterocycles. The monoisotopic (exact) mass is 342 g/mol. The van der Waals surface area contributed by atoms with Gasteiger partial charge in [0.05, 0.1) is 6.54 Å². The van der Waals surface area contributed by atoms with Crippen LogP contribution < -0.4 is 10.2 Å². The molecule has 1 saturated heterocycles. The lowest BCUT2D eigenvalue weighted by molar-refractivity contribution is -0.119.